The zero-order valence-corrected chi connectivity index (χ0v) is 15.1. The van der Waals surface area contributed by atoms with Crippen molar-refractivity contribution in [3.63, 3.8) is 0 Å². The van der Waals surface area contributed by atoms with Crippen LogP contribution in [0.3, 0.4) is 0 Å². The fraction of sp³-hybridized carbons (Fsp3) is 0.625. The Morgan fingerprint density at radius 1 is 1.45 bits per heavy atom. The van der Waals surface area contributed by atoms with Crippen LogP contribution in [0, 0.1) is 0 Å². The second-order valence-corrected chi connectivity index (χ2v) is 7.60. The van der Waals surface area contributed by atoms with Gasteiger partial charge in [-0.25, -0.2) is 0 Å². The molecule has 0 aliphatic carbocycles. The monoisotopic (exact) mass is 356 g/mol. The Morgan fingerprint density at radius 2 is 2.25 bits per heavy atom. The number of hydrogen-bond donors (Lipinski definition) is 1. The molecule has 1 aromatic carbocycles. The summed E-state index contributed by atoms with van der Waals surface area (Å²) in [7, 11) is 0. The van der Waals surface area contributed by atoms with Crippen molar-refractivity contribution in [1.29, 1.82) is 0 Å². The van der Waals surface area contributed by atoms with Crippen molar-refractivity contribution in [2.45, 2.75) is 38.5 Å². The van der Waals surface area contributed by atoms with Gasteiger partial charge < -0.3 is 10.2 Å². The minimum absolute atomic E-state index is 0.408. The van der Waals surface area contributed by atoms with Crippen LogP contribution in [0.15, 0.2) is 22.7 Å². The molecule has 1 N–H and O–H groups in total. The predicted molar refractivity (Wildman–Crippen MR) is 95.0 cm³/mol. The van der Waals surface area contributed by atoms with Crippen LogP contribution in [-0.2, 0) is 0 Å². The summed E-state index contributed by atoms with van der Waals surface area (Å²) in [5.74, 6) is 1.24. The molecule has 2 nitrogen and oxygen atoms in total. The van der Waals surface area contributed by atoms with Crippen LogP contribution < -0.4 is 10.2 Å². The summed E-state index contributed by atoms with van der Waals surface area (Å²) in [6.45, 7) is 9.98. The molecule has 1 aromatic rings. The highest BCUT2D eigenvalue weighted by atomic mass is 79.9. The van der Waals surface area contributed by atoms with Crippen molar-refractivity contribution in [2.75, 3.05) is 30.3 Å². The number of rotatable bonds is 5. The van der Waals surface area contributed by atoms with Gasteiger partial charge in [0.15, 0.2) is 0 Å². The normalized spacial score (nSPS) is 21.0. The second-order valence-electron chi connectivity index (χ2n) is 5.34. The molecular weight excluding hydrogens is 332 g/mol. The van der Waals surface area contributed by atoms with Gasteiger partial charge in [-0.1, -0.05) is 19.9 Å². The lowest BCUT2D eigenvalue weighted by atomic mass is 10.1. The van der Waals surface area contributed by atoms with Crippen LogP contribution in [0.25, 0.3) is 0 Å². The van der Waals surface area contributed by atoms with Crippen LogP contribution in [0.2, 0.25) is 0 Å². The Kier molecular flexibility index (Phi) is 6.24. The van der Waals surface area contributed by atoms with Crippen molar-refractivity contribution >= 4 is 33.4 Å². The lowest BCUT2D eigenvalue weighted by Gasteiger charge is -2.34. The third-order valence-corrected chi connectivity index (χ3v) is 5.92. The van der Waals surface area contributed by atoms with Crippen molar-refractivity contribution in [3.05, 3.63) is 28.2 Å². The molecule has 0 amide bonds. The van der Waals surface area contributed by atoms with Gasteiger partial charge in [0.25, 0.3) is 0 Å². The SMILES string of the molecule is CCNC(C)c1ccc(N2CCSC(CC)C2)c(Br)c1. The molecule has 0 saturated carbocycles. The average molecular weight is 357 g/mol. The number of nitrogens with one attached hydrogen (secondary N) is 1. The van der Waals surface area contributed by atoms with Gasteiger partial charge in [-0.15, -0.1) is 0 Å². The van der Waals surface area contributed by atoms with Crippen LogP contribution in [0.5, 0.6) is 0 Å². The van der Waals surface area contributed by atoms with Crippen LogP contribution in [0.1, 0.15) is 38.8 Å². The maximum Gasteiger partial charge on any atom is 0.0511 e. The molecule has 112 valence electrons. The lowest BCUT2D eigenvalue weighted by molar-refractivity contribution is 0.598. The van der Waals surface area contributed by atoms with E-state index in [0.717, 1.165) is 18.3 Å². The number of nitrogens with zero attached hydrogens (tertiary/aromatic N) is 1. The molecule has 1 saturated heterocycles. The number of hydrogen-bond acceptors (Lipinski definition) is 3. The summed E-state index contributed by atoms with van der Waals surface area (Å²) < 4.78 is 1.22. The van der Waals surface area contributed by atoms with E-state index in [1.165, 1.54) is 34.4 Å². The summed E-state index contributed by atoms with van der Waals surface area (Å²) in [5.41, 5.74) is 2.69. The molecule has 2 atom stereocenters. The summed E-state index contributed by atoms with van der Waals surface area (Å²) in [4.78, 5) is 2.52. The molecule has 2 rings (SSSR count). The van der Waals surface area contributed by atoms with Gasteiger partial charge >= 0.3 is 0 Å². The summed E-state index contributed by atoms with van der Waals surface area (Å²) >= 11 is 5.88. The van der Waals surface area contributed by atoms with E-state index in [1.807, 2.05) is 0 Å². The lowest BCUT2D eigenvalue weighted by Crippen LogP contribution is -2.37. The maximum absolute atomic E-state index is 3.77. The van der Waals surface area contributed by atoms with Gasteiger partial charge in [-0.05, 0) is 53.5 Å². The summed E-state index contributed by atoms with van der Waals surface area (Å²) in [6, 6.07) is 7.21. The third-order valence-electron chi connectivity index (χ3n) is 3.92. The van der Waals surface area contributed by atoms with E-state index < -0.39 is 0 Å². The fourth-order valence-electron chi connectivity index (χ4n) is 2.66. The largest absolute Gasteiger partial charge is 0.369 e. The minimum Gasteiger partial charge on any atom is -0.369 e. The molecule has 20 heavy (non-hydrogen) atoms. The molecule has 1 heterocycles. The van der Waals surface area contributed by atoms with E-state index in [9.17, 15) is 0 Å². The highest BCUT2D eigenvalue weighted by Gasteiger charge is 2.21. The van der Waals surface area contributed by atoms with E-state index in [-0.39, 0.29) is 0 Å². The van der Waals surface area contributed by atoms with Gasteiger partial charge in [0, 0.05) is 34.6 Å². The molecule has 1 aliphatic heterocycles. The van der Waals surface area contributed by atoms with Crippen molar-refractivity contribution in [2.24, 2.45) is 0 Å². The van der Waals surface area contributed by atoms with E-state index >= 15 is 0 Å². The number of halogens is 1. The van der Waals surface area contributed by atoms with E-state index in [2.05, 4.69) is 76.9 Å². The molecule has 4 heteroatoms. The minimum atomic E-state index is 0.408. The molecule has 0 spiro atoms. The fourth-order valence-corrected chi connectivity index (χ4v) is 4.49. The van der Waals surface area contributed by atoms with Crippen LogP contribution >= 0.6 is 27.7 Å². The third kappa shape index (κ3) is 3.92. The molecule has 1 aliphatic rings. The van der Waals surface area contributed by atoms with Crippen molar-refractivity contribution in [1.82, 2.24) is 5.32 Å². The molecule has 0 radical (unpaired) electrons. The first-order valence-electron chi connectivity index (χ1n) is 7.55. The van der Waals surface area contributed by atoms with Gasteiger partial charge in [-0.2, -0.15) is 11.8 Å². The van der Waals surface area contributed by atoms with E-state index in [4.69, 9.17) is 0 Å². The topological polar surface area (TPSA) is 15.3 Å². The molecular formula is C16H25BrN2S. The quantitative estimate of drug-likeness (QED) is 0.838. The zero-order chi connectivity index (χ0) is 14.5. The Morgan fingerprint density at radius 3 is 2.90 bits per heavy atom. The first kappa shape index (κ1) is 16.2. The Hall–Kier alpha value is -0.190. The molecule has 0 bridgehead atoms. The van der Waals surface area contributed by atoms with Crippen LogP contribution in [0.4, 0.5) is 5.69 Å². The van der Waals surface area contributed by atoms with E-state index in [0.29, 0.717) is 6.04 Å². The summed E-state index contributed by atoms with van der Waals surface area (Å²) in [6.07, 6.45) is 1.26. The van der Waals surface area contributed by atoms with Gasteiger partial charge in [-0.3, -0.25) is 0 Å². The predicted octanol–water partition coefficient (Wildman–Crippen LogP) is 4.45. The average Bonchev–Trinajstić information content (AvgIpc) is 2.47. The van der Waals surface area contributed by atoms with Gasteiger partial charge in [0.05, 0.1) is 5.69 Å². The van der Waals surface area contributed by atoms with Crippen LogP contribution in [-0.4, -0.2) is 30.6 Å². The number of thioether (sulfide) groups is 1. The van der Waals surface area contributed by atoms with Gasteiger partial charge in [0.1, 0.15) is 0 Å². The highest BCUT2D eigenvalue weighted by Crippen LogP contribution is 2.33. The van der Waals surface area contributed by atoms with Gasteiger partial charge in [0.2, 0.25) is 0 Å². The first-order chi connectivity index (χ1) is 9.65. The number of anilines is 1. The summed E-state index contributed by atoms with van der Waals surface area (Å²) in [5, 5.41) is 4.24. The smallest absolute Gasteiger partial charge is 0.0511 e. The Balaban J connectivity index is 2.13. The highest BCUT2D eigenvalue weighted by molar-refractivity contribution is 9.10. The zero-order valence-electron chi connectivity index (χ0n) is 12.7. The second kappa shape index (κ2) is 7.71. The standard InChI is InChI=1S/C16H25BrN2S/c1-4-14-11-19(8-9-20-14)16-7-6-13(10-15(16)17)12(3)18-5-2/h6-7,10,12,14,18H,4-5,8-9,11H2,1-3H3. The molecule has 1 fully saturated rings. The van der Waals surface area contributed by atoms with E-state index in [1.54, 1.807) is 0 Å². The molecule has 2 unspecified atom stereocenters. The maximum atomic E-state index is 3.77. The van der Waals surface area contributed by atoms with Crippen molar-refractivity contribution < 1.29 is 0 Å². The number of benzene rings is 1. The Labute approximate surface area is 135 Å². The van der Waals surface area contributed by atoms with Crippen molar-refractivity contribution in [3.8, 4) is 0 Å². The molecule has 0 aromatic heterocycles. The Bertz CT molecular complexity index is 438. The first-order valence-corrected chi connectivity index (χ1v) is 9.39.